The average molecular weight is 199 g/mol. The van der Waals surface area contributed by atoms with E-state index in [-0.39, 0.29) is 10.7 Å². The summed E-state index contributed by atoms with van der Waals surface area (Å²) >= 11 is 5.76. The standard InChI is InChI=1S/C9H11ClN2O/c1-5(2)7-4-3-6(9(11)13)8(10)12-7/h3-5H,1-2H3,(H2,11,13). The summed E-state index contributed by atoms with van der Waals surface area (Å²) in [5, 5.41) is 0.179. The van der Waals surface area contributed by atoms with Crippen LogP contribution in [0.4, 0.5) is 0 Å². The van der Waals surface area contributed by atoms with Gasteiger partial charge in [-0.25, -0.2) is 4.98 Å². The average Bonchev–Trinajstić information content (AvgIpc) is 2.03. The molecule has 2 N–H and O–H groups in total. The van der Waals surface area contributed by atoms with Gasteiger partial charge in [-0.1, -0.05) is 25.4 Å². The Hall–Kier alpha value is -1.09. The van der Waals surface area contributed by atoms with Gasteiger partial charge in [0.1, 0.15) is 5.15 Å². The SMILES string of the molecule is CC(C)c1ccc(C(N)=O)c(Cl)n1. The number of pyridine rings is 1. The lowest BCUT2D eigenvalue weighted by molar-refractivity contribution is 0.1000. The van der Waals surface area contributed by atoms with E-state index in [2.05, 4.69) is 4.98 Å². The highest BCUT2D eigenvalue weighted by Crippen LogP contribution is 2.18. The Balaban J connectivity index is 3.13. The zero-order chi connectivity index (χ0) is 10.0. The van der Waals surface area contributed by atoms with E-state index in [0.717, 1.165) is 5.69 Å². The van der Waals surface area contributed by atoms with Crippen LogP contribution in [0, 0.1) is 0 Å². The molecule has 0 bridgehead atoms. The topological polar surface area (TPSA) is 56.0 Å². The number of amides is 1. The molecule has 0 unspecified atom stereocenters. The number of nitrogens with zero attached hydrogens (tertiary/aromatic N) is 1. The summed E-state index contributed by atoms with van der Waals surface area (Å²) in [6.07, 6.45) is 0. The smallest absolute Gasteiger partial charge is 0.251 e. The molecule has 0 aromatic carbocycles. The number of primary amides is 1. The van der Waals surface area contributed by atoms with Crippen molar-refractivity contribution in [1.82, 2.24) is 4.98 Å². The van der Waals surface area contributed by atoms with Gasteiger partial charge in [-0.3, -0.25) is 4.79 Å². The number of hydrogen-bond donors (Lipinski definition) is 1. The monoisotopic (exact) mass is 198 g/mol. The van der Waals surface area contributed by atoms with Crippen LogP contribution in [0.25, 0.3) is 0 Å². The van der Waals surface area contributed by atoms with E-state index in [1.165, 1.54) is 0 Å². The van der Waals surface area contributed by atoms with Crippen LogP contribution in [-0.2, 0) is 0 Å². The minimum atomic E-state index is -0.548. The van der Waals surface area contributed by atoms with Crippen molar-refractivity contribution in [1.29, 1.82) is 0 Å². The van der Waals surface area contributed by atoms with Crippen molar-refractivity contribution in [3.05, 3.63) is 28.5 Å². The lowest BCUT2D eigenvalue weighted by Gasteiger charge is -2.05. The molecule has 0 aliphatic rings. The molecule has 3 nitrogen and oxygen atoms in total. The number of carbonyl (C=O) groups is 1. The summed E-state index contributed by atoms with van der Waals surface area (Å²) in [7, 11) is 0. The minimum absolute atomic E-state index is 0.179. The fraction of sp³-hybridized carbons (Fsp3) is 0.333. The van der Waals surface area contributed by atoms with Crippen LogP contribution < -0.4 is 5.73 Å². The van der Waals surface area contributed by atoms with E-state index >= 15 is 0 Å². The van der Waals surface area contributed by atoms with Crippen molar-refractivity contribution in [2.45, 2.75) is 19.8 Å². The van der Waals surface area contributed by atoms with Crippen LogP contribution >= 0.6 is 11.6 Å². The molecule has 0 aliphatic carbocycles. The Bertz CT molecular complexity index is 336. The second-order valence-electron chi connectivity index (χ2n) is 3.09. The van der Waals surface area contributed by atoms with Gasteiger partial charge in [0.05, 0.1) is 5.56 Å². The van der Waals surface area contributed by atoms with E-state index in [1.54, 1.807) is 12.1 Å². The van der Waals surface area contributed by atoms with Gasteiger partial charge < -0.3 is 5.73 Å². The number of hydrogen-bond acceptors (Lipinski definition) is 2. The molecular weight excluding hydrogens is 188 g/mol. The molecule has 0 aliphatic heterocycles. The first-order chi connectivity index (χ1) is 6.02. The number of aromatic nitrogens is 1. The predicted molar refractivity (Wildman–Crippen MR) is 51.9 cm³/mol. The zero-order valence-corrected chi connectivity index (χ0v) is 8.30. The van der Waals surface area contributed by atoms with Gasteiger partial charge in [-0.2, -0.15) is 0 Å². The Morgan fingerprint density at radius 1 is 1.54 bits per heavy atom. The maximum absolute atomic E-state index is 10.8. The predicted octanol–water partition coefficient (Wildman–Crippen LogP) is 1.96. The summed E-state index contributed by atoms with van der Waals surface area (Å²) in [6, 6.07) is 3.36. The van der Waals surface area contributed by atoms with Crippen LogP contribution in [0.5, 0.6) is 0 Å². The number of rotatable bonds is 2. The number of carbonyl (C=O) groups excluding carboxylic acids is 1. The highest BCUT2D eigenvalue weighted by atomic mass is 35.5. The highest BCUT2D eigenvalue weighted by Gasteiger charge is 2.09. The molecule has 0 radical (unpaired) electrons. The Labute approximate surface area is 81.9 Å². The second-order valence-corrected chi connectivity index (χ2v) is 3.45. The van der Waals surface area contributed by atoms with Gasteiger partial charge in [0.15, 0.2) is 0 Å². The fourth-order valence-corrected chi connectivity index (χ4v) is 1.21. The summed E-state index contributed by atoms with van der Waals surface area (Å²) in [5.41, 5.74) is 6.20. The Kier molecular flexibility index (Phi) is 2.88. The van der Waals surface area contributed by atoms with Crippen molar-refractivity contribution >= 4 is 17.5 Å². The van der Waals surface area contributed by atoms with Crippen molar-refractivity contribution in [3.63, 3.8) is 0 Å². The van der Waals surface area contributed by atoms with Crippen LogP contribution in [0.2, 0.25) is 5.15 Å². The molecule has 4 heteroatoms. The Morgan fingerprint density at radius 2 is 2.15 bits per heavy atom. The van der Waals surface area contributed by atoms with Crippen molar-refractivity contribution in [2.75, 3.05) is 0 Å². The van der Waals surface area contributed by atoms with Gasteiger partial charge in [-0.05, 0) is 18.1 Å². The van der Waals surface area contributed by atoms with Crippen LogP contribution in [0.3, 0.4) is 0 Å². The molecule has 1 aromatic rings. The van der Waals surface area contributed by atoms with Gasteiger partial charge in [0, 0.05) is 5.69 Å². The van der Waals surface area contributed by atoms with Crippen LogP contribution in [-0.4, -0.2) is 10.9 Å². The first-order valence-corrected chi connectivity index (χ1v) is 4.36. The summed E-state index contributed by atoms with van der Waals surface area (Å²) < 4.78 is 0. The van der Waals surface area contributed by atoms with E-state index in [4.69, 9.17) is 17.3 Å². The van der Waals surface area contributed by atoms with Crippen LogP contribution in [0.1, 0.15) is 35.8 Å². The maximum atomic E-state index is 10.8. The lowest BCUT2D eigenvalue weighted by atomic mass is 10.1. The highest BCUT2D eigenvalue weighted by molar-refractivity contribution is 6.32. The summed E-state index contributed by atoms with van der Waals surface area (Å²) in [6.45, 7) is 4.01. The zero-order valence-electron chi connectivity index (χ0n) is 7.54. The van der Waals surface area contributed by atoms with Crippen molar-refractivity contribution in [3.8, 4) is 0 Å². The van der Waals surface area contributed by atoms with Gasteiger partial charge in [0.25, 0.3) is 5.91 Å². The molecule has 0 saturated carbocycles. The first kappa shape index (κ1) is 9.99. The third-order valence-electron chi connectivity index (χ3n) is 1.73. The summed E-state index contributed by atoms with van der Waals surface area (Å²) in [5.74, 6) is -0.257. The number of nitrogens with two attached hydrogens (primary N) is 1. The molecule has 0 fully saturated rings. The van der Waals surface area contributed by atoms with E-state index in [9.17, 15) is 4.79 Å². The molecule has 0 spiro atoms. The normalized spacial score (nSPS) is 10.5. The quantitative estimate of drug-likeness (QED) is 0.739. The molecule has 1 rings (SSSR count). The largest absolute Gasteiger partial charge is 0.366 e. The minimum Gasteiger partial charge on any atom is -0.366 e. The van der Waals surface area contributed by atoms with Gasteiger partial charge >= 0.3 is 0 Å². The summed E-state index contributed by atoms with van der Waals surface area (Å²) in [4.78, 5) is 14.9. The molecule has 0 saturated heterocycles. The number of halogens is 1. The van der Waals surface area contributed by atoms with E-state index in [0.29, 0.717) is 5.92 Å². The Morgan fingerprint density at radius 3 is 2.54 bits per heavy atom. The first-order valence-electron chi connectivity index (χ1n) is 3.98. The molecule has 0 atom stereocenters. The van der Waals surface area contributed by atoms with Gasteiger partial charge in [0.2, 0.25) is 0 Å². The lowest BCUT2D eigenvalue weighted by Crippen LogP contribution is -2.12. The molecule has 70 valence electrons. The molecule has 1 heterocycles. The third kappa shape index (κ3) is 2.18. The molecule has 1 aromatic heterocycles. The van der Waals surface area contributed by atoms with Crippen molar-refractivity contribution < 1.29 is 4.79 Å². The van der Waals surface area contributed by atoms with E-state index < -0.39 is 5.91 Å². The maximum Gasteiger partial charge on any atom is 0.251 e. The molecular formula is C9H11ClN2O. The molecule has 13 heavy (non-hydrogen) atoms. The third-order valence-corrected chi connectivity index (χ3v) is 2.02. The van der Waals surface area contributed by atoms with Crippen molar-refractivity contribution in [2.24, 2.45) is 5.73 Å². The van der Waals surface area contributed by atoms with E-state index in [1.807, 2.05) is 13.8 Å². The fourth-order valence-electron chi connectivity index (χ4n) is 0.954. The van der Waals surface area contributed by atoms with Crippen LogP contribution in [0.15, 0.2) is 12.1 Å². The molecule has 1 amide bonds. The van der Waals surface area contributed by atoms with Gasteiger partial charge in [-0.15, -0.1) is 0 Å². The second kappa shape index (κ2) is 3.75.